The molecule has 2 N–H and O–H groups in total. The van der Waals surface area contributed by atoms with Crippen LogP contribution in [-0.2, 0) is 6.54 Å². The van der Waals surface area contributed by atoms with Gasteiger partial charge in [0.15, 0.2) is 0 Å². The number of nitro groups is 1. The Balaban J connectivity index is 1.97. The summed E-state index contributed by atoms with van der Waals surface area (Å²) in [6.07, 6.45) is 0. The van der Waals surface area contributed by atoms with Gasteiger partial charge in [-0.1, -0.05) is 12.1 Å². The molecule has 23 heavy (non-hydrogen) atoms. The molecule has 0 saturated carbocycles. The highest BCUT2D eigenvalue weighted by Crippen LogP contribution is 2.17. The third kappa shape index (κ3) is 4.70. The van der Waals surface area contributed by atoms with Crippen LogP contribution in [-0.4, -0.2) is 29.9 Å². The van der Waals surface area contributed by atoms with E-state index in [1.165, 1.54) is 17.0 Å². The van der Waals surface area contributed by atoms with Gasteiger partial charge < -0.3 is 15.5 Å². The van der Waals surface area contributed by atoms with Gasteiger partial charge >= 0.3 is 6.03 Å². The van der Waals surface area contributed by atoms with Crippen molar-refractivity contribution < 1.29 is 9.72 Å². The van der Waals surface area contributed by atoms with Crippen LogP contribution in [0.2, 0.25) is 0 Å². The third-order valence-corrected chi connectivity index (χ3v) is 3.16. The lowest BCUT2D eigenvalue weighted by atomic mass is 10.2. The number of carbonyl (C=O) groups is 1. The van der Waals surface area contributed by atoms with E-state index in [0.717, 1.165) is 11.3 Å². The third-order valence-electron chi connectivity index (χ3n) is 3.16. The first-order chi connectivity index (χ1) is 11.0. The monoisotopic (exact) mass is 314 g/mol. The van der Waals surface area contributed by atoms with Crippen LogP contribution in [0.25, 0.3) is 0 Å². The lowest BCUT2D eigenvalue weighted by Gasteiger charge is -2.13. The zero-order chi connectivity index (χ0) is 16.8. The van der Waals surface area contributed by atoms with Crippen LogP contribution in [0.1, 0.15) is 5.56 Å². The lowest BCUT2D eigenvalue weighted by Crippen LogP contribution is -2.27. The zero-order valence-electron chi connectivity index (χ0n) is 12.9. The number of benzene rings is 2. The fraction of sp³-hybridized carbons (Fsp3) is 0.188. The molecule has 0 saturated heterocycles. The first-order valence-electron chi connectivity index (χ1n) is 7.01. The normalized spacial score (nSPS) is 10.0. The van der Waals surface area contributed by atoms with Crippen LogP contribution in [0.4, 0.5) is 21.9 Å². The molecule has 0 radical (unpaired) electrons. The first-order valence-corrected chi connectivity index (χ1v) is 7.01. The molecule has 7 heteroatoms. The molecular formula is C16H18N4O3. The summed E-state index contributed by atoms with van der Waals surface area (Å²) in [6.45, 7) is 0.545. The fourth-order valence-electron chi connectivity index (χ4n) is 1.90. The van der Waals surface area contributed by atoms with Crippen molar-refractivity contribution in [1.82, 2.24) is 4.90 Å². The van der Waals surface area contributed by atoms with Crippen LogP contribution in [0.3, 0.4) is 0 Å². The first kappa shape index (κ1) is 16.3. The molecular weight excluding hydrogens is 296 g/mol. The average molecular weight is 314 g/mol. The molecule has 2 aromatic carbocycles. The Morgan fingerprint density at radius 2 is 1.83 bits per heavy atom. The molecule has 0 bridgehead atoms. The standard InChI is InChI=1S/C16H18N4O3/c1-19(2)16(21)18-14-5-3-4-12(10-14)11-17-13-6-8-15(9-7-13)20(22)23/h3-10,17H,11H2,1-2H3,(H,18,21). The Labute approximate surface area is 134 Å². The quantitative estimate of drug-likeness (QED) is 0.655. The summed E-state index contributed by atoms with van der Waals surface area (Å²) < 4.78 is 0. The van der Waals surface area contributed by atoms with E-state index in [0.29, 0.717) is 12.2 Å². The van der Waals surface area contributed by atoms with Gasteiger partial charge in [-0.25, -0.2) is 4.79 Å². The molecule has 0 heterocycles. The van der Waals surface area contributed by atoms with Crippen molar-refractivity contribution >= 4 is 23.1 Å². The van der Waals surface area contributed by atoms with Gasteiger partial charge in [0.2, 0.25) is 0 Å². The molecule has 7 nitrogen and oxygen atoms in total. The van der Waals surface area contributed by atoms with Crippen molar-refractivity contribution in [2.45, 2.75) is 6.54 Å². The predicted octanol–water partition coefficient (Wildman–Crippen LogP) is 3.30. The molecule has 0 unspecified atom stereocenters. The summed E-state index contributed by atoms with van der Waals surface area (Å²) in [5, 5.41) is 16.6. The largest absolute Gasteiger partial charge is 0.381 e. The molecule has 120 valence electrons. The molecule has 2 rings (SSSR count). The fourth-order valence-corrected chi connectivity index (χ4v) is 1.90. The van der Waals surface area contributed by atoms with Crippen molar-refractivity contribution in [3.8, 4) is 0 Å². The second-order valence-electron chi connectivity index (χ2n) is 5.18. The van der Waals surface area contributed by atoms with E-state index < -0.39 is 4.92 Å². The topological polar surface area (TPSA) is 87.5 Å². The van der Waals surface area contributed by atoms with Crippen molar-refractivity contribution in [2.75, 3.05) is 24.7 Å². The number of anilines is 2. The van der Waals surface area contributed by atoms with Crippen molar-refractivity contribution in [3.05, 3.63) is 64.2 Å². The summed E-state index contributed by atoms with van der Waals surface area (Å²) in [4.78, 5) is 23.3. The van der Waals surface area contributed by atoms with E-state index in [-0.39, 0.29) is 11.7 Å². The minimum atomic E-state index is -0.430. The number of hydrogen-bond donors (Lipinski definition) is 2. The SMILES string of the molecule is CN(C)C(=O)Nc1cccc(CNc2ccc([N+](=O)[O-])cc2)c1. The van der Waals surface area contributed by atoms with E-state index in [1.807, 2.05) is 24.3 Å². The maximum absolute atomic E-state index is 11.6. The molecule has 0 fully saturated rings. The number of nitrogens with one attached hydrogen (secondary N) is 2. The smallest absolute Gasteiger partial charge is 0.321 e. The van der Waals surface area contributed by atoms with E-state index in [2.05, 4.69) is 10.6 Å². The highest BCUT2D eigenvalue weighted by molar-refractivity contribution is 5.88. The summed E-state index contributed by atoms with van der Waals surface area (Å²) in [5.41, 5.74) is 2.55. The predicted molar refractivity (Wildman–Crippen MR) is 89.6 cm³/mol. The minimum Gasteiger partial charge on any atom is -0.381 e. The van der Waals surface area contributed by atoms with Gasteiger partial charge in [-0.05, 0) is 29.8 Å². The molecule has 0 atom stereocenters. The second kappa shape index (κ2) is 7.26. The summed E-state index contributed by atoms with van der Waals surface area (Å²) in [6, 6.07) is 13.5. The molecule has 0 aliphatic heterocycles. The Morgan fingerprint density at radius 1 is 1.13 bits per heavy atom. The number of carbonyl (C=O) groups excluding carboxylic acids is 1. The summed E-state index contributed by atoms with van der Waals surface area (Å²) >= 11 is 0. The van der Waals surface area contributed by atoms with Crippen LogP contribution in [0.5, 0.6) is 0 Å². The van der Waals surface area contributed by atoms with Crippen molar-refractivity contribution in [1.29, 1.82) is 0 Å². The summed E-state index contributed by atoms with van der Waals surface area (Å²) in [5.74, 6) is 0. The van der Waals surface area contributed by atoms with E-state index in [4.69, 9.17) is 0 Å². The van der Waals surface area contributed by atoms with Gasteiger partial charge in [0.05, 0.1) is 4.92 Å². The minimum absolute atomic E-state index is 0.0592. The van der Waals surface area contributed by atoms with Gasteiger partial charge in [-0.15, -0.1) is 0 Å². The van der Waals surface area contributed by atoms with Crippen molar-refractivity contribution in [2.24, 2.45) is 0 Å². The summed E-state index contributed by atoms with van der Waals surface area (Å²) in [7, 11) is 3.35. The van der Waals surface area contributed by atoms with E-state index in [1.54, 1.807) is 26.2 Å². The Kier molecular flexibility index (Phi) is 5.14. The molecule has 0 spiro atoms. The number of amides is 2. The number of hydrogen-bond acceptors (Lipinski definition) is 4. The molecule has 0 aromatic heterocycles. The molecule has 2 amide bonds. The van der Waals surface area contributed by atoms with Gasteiger partial charge in [0.1, 0.15) is 0 Å². The van der Waals surface area contributed by atoms with E-state index in [9.17, 15) is 14.9 Å². The van der Waals surface area contributed by atoms with Gasteiger partial charge in [0, 0.05) is 44.1 Å². The average Bonchev–Trinajstić information content (AvgIpc) is 2.53. The lowest BCUT2D eigenvalue weighted by molar-refractivity contribution is -0.384. The Morgan fingerprint density at radius 3 is 2.43 bits per heavy atom. The zero-order valence-corrected chi connectivity index (χ0v) is 12.9. The number of rotatable bonds is 5. The Bertz CT molecular complexity index is 699. The highest BCUT2D eigenvalue weighted by Gasteiger charge is 2.05. The number of nitrogens with zero attached hydrogens (tertiary/aromatic N) is 2. The molecule has 0 aliphatic carbocycles. The highest BCUT2D eigenvalue weighted by atomic mass is 16.6. The van der Waals surface area contributed by atoms with Crippen LogP contribution in [0, 0.1) is 10.1 Å². The molecule has 2 aromatic rings. The van der Waals surface area contributed by atoms with Gasteiger partial charge in [-0.3, -0.25) is 10.1 Å². The van der Waals surface area contributed by atoms with Crippen molar-refractivity contribution in [3.63, 3.8) is 0 Å². The van der Waals surface area contributed by atoms with Gasteiger partial charge in [-0.2, -0.15) is 0 Å². The maximum Gasteiger partial charge on any atom is 0.321 e. The second-order valence-corrected chi connectivity index (χ2v) is 5.18. The Hall–Kier alpha value is -3.09. The molecule has 0 aliphatic rings. The number of urea groups is 1. The maximum atomic E-state index is 11.6. The number of non-ortho nitro benzene ring substituents is 1. The van der Waals surface area contributed by atoms with E-state index >= 15 is 0 Å². The van der Waals surface area contributed by atoms with Crippen LogP contribution < -0.4 is 10.6 Å². The van der Waals surface area contributed by atoms with Crippen LogP contribution >= 0.6 is 0 Å². The van der Waals surface area contributed by atoms with Crippen LogP contribution in [0.15, 0.2) is 48.5 Å². The van der Waals surface area contributed by atoms with Gasteiger partial charge in [0.25, 0.3) is 5.69 Å². The number of nitro benzene ring substituents is 1.